The predicted octanol–water partition coefficient (Wildman–Crippen LogP) is 0.554. The Morgan fingerprint density at radius 3 is 2.86 bits per heavy atom. The van der Waals surface area contributed by atoms with Crippen LogP contribution in [-0.2, 0) is 4.79 Å². The van der Waals surface area contributed by atoms with Crippen LogP contribution in [0.15, 0.2) is 0 Å². The van der Waals surface area contributed by atoms with Crippen LogP contribution in [0.25, 0.3) is 0 Å². The monoisotopic (exact) mass is 201 g/mol. The van der Waals surface area contributed by atoms with Crippen LogP contribution in [-0.4, -0.2) is 46.8 Å². The van der Waals surface area contributed by atoms with E-state index in [1.807, 2.05) is 0 Å². The van der Waals surface area contributed by atoms with Gasteiger partial charge < -0.3 is 15.1 Å². The zero-order valence-electron chi connectivity index (χ0n) is 8.65. The summed E-state index contributed by atoms with van der Waals surface area (Å²) in [6.07, 6.45) is 1.75. The second-order valence-corrected chi connectivity index (χ2v) is 3.97. The number of likely N-dealkylation sites (tertiary alicyclic amines) is 1. The van der Waals surface area contributed by atoms with E-state index in [4.69, 9.17) is 5.11 Å². The number of aliphatic hydroxyl groups excluding tert-OH is 1. The Balaban J connectivity index is 2.31. The highest BCUT2D eigenvalue weighted by Crippen LogP contribution is 2.19. The van der Waals surface area contributed by atoms with E-state index in [0.29, 0.717) is 12.5 Å². The average Bonchev–Trinajstić information content (AvgIpc) is 2.16. The molecule has 0 aromatic heterocycles. The summed E-state index contributed by atoms with van der Waals surface area (Å²) >= 11 is 0. The van der Waals surface area contributed by atoms with E-state index >= 15 is 0 Å². The number of carbonyl (C=O) groups is 1. The van der Waals surface area contributed by atoms with Gasteiger partial charge in [0.2, 0.25) is 0 Å². The third kappa shape index (κ3) is 3.27. The van der Waals surface area contributed by atoms with Crippen molar-refractivity contribution in [1.29, 1.82) is 0 Å². The fraction of sp³-hybridized carbons (Fsp3) is 0.900. The normalized spacial score (nSPS) is 29.0. The molecule has 2 atom stereocenters. The van der Waals surface area contributed by atoms with Crippen molar-refractivity contribution in [1.82, 2.24) is 4.90 Å². The van der Waals surface area contributed by atoms with Crippen molar-refractivity contribution in [2.75, 3.05) is 19.6 Å². The molecule has 82 valence electrons. The number of aliphatic hydroxyl groups is 1. The van der Waals surface area contributed by atoms with Gasteiger partial charge in [0, 0.05) is 19.6 Å². The van der Waals surface area contributed by atoms with E-state index in [2.05, 4.69) is 11.8 Å². The van der Waals surface area contributed by atoms with Crippen molar-refractivity contribution < 1.29 is 15.0 Å². The molecule has 0 aromatic rings. The maximum absolute atomic E-state index is 10.4. The Bertz CT molecular complexity index is 196. The van der Waals surface area contributed by atoms with Crippen LogP contribution in [0, 0.1) is 5.92 Å². The van der Waals surface area contributed by atoms with Gasteiger partial charge >= 0.3 is 5.97 Å². The lowest BCUT2D eigenvalue weighted by Crippen LogP contribution is -2.43. The lowest BCUT2D eigenvalue weighted by atomic mass is 9.92. The van der Waals surface area contributed by atoms with Crippen molar-refractivity contribution in [3.8, 4) is 0 Å². The van der Waals surface area contributed by atoms with E-state index in [-0.39, 0.29) is 12.5 Å². The third-order valence-electron chi connectivity index (χ3n) is 2.94. The smallest absolute Gasteiger partial charge is 0.304 e. The van der Waals surface area contributed by atoms with Crippen LogP contribution >= 0.6 is 0 Å². The van der Waals surface area contributed by atoms with Gasteiger partial charge in [-0.1, -0.05) is 6.92 Å². The van der Waals surface area contributed by atoms with E-state index in [1.165, 1.54) is 0 Å². The lowest BCUT2D eigenvalue weighted by molar-refractivity contribution is -0.137. The van der Waals surface area contributed by atoms with Gasteiger partial charge in [-0.2, -0.15) is 0 Å². The molecule has 1 rings (SSSR count). The number of rotatable bonds is 4. The molecule has 4 nitrogen and oxygen atoms in total. The van der Waals surface area contributed by atoms with Gasteiger partial charge in [0.05, 0.1) is 12.5 Å². The maximum atomic E-state index is 10.4. The minimum absolute atomic E-state index is 0.193. The molecule has 2 N–H and O–H groups in total. The van der Waals surface area contributed by atoms with Gasteiger partial charge in [0.25, 0.3) is 0 Å². The fourth-order valence-corrected chi connectivity index (χ4v) is 1.95. The van der Waals surface area contributed by atoms with Crippen LogP contribution in [0.3, 0.4) is 0 Å². The van der Waals surface area contributed by atoms with Crippen molar-refractivity contribution in [3.63, 3.8) is 0 Å². The first kappa shape index (κ1) is 11.5. The summed E-state index contributed by atoms with van der Waals surface area (Å²) in [5.74, 6) is -0.429. The summed E-state index contributed by atoms with van der Waals surface area (Å²) in [4.78, 5) is 12.5. The second-order valence-electron chi connectivity index (χ2n) is 3.97. The Morgan fingerprint density at radius 2 is 2.29 bits per heavy atom. The summed E-state index contributed by atoms with van der Waals surface area (Å²) in [5.41, 5.74) is 0. The number of hydrogen-bond donors (Lipinski definition) is 2. The molecule has 0 amide bonds. The van der Waals surface area contributed by atoms with Crippen molar-refractivity contribution in [3.05, 3.63) is 0 Å². The van der Waals surface area contributed by atoms with Gasteiger partial charge in [-0.05, 0) is 18.8 Å². The first-order valence-corrected chi connectivity index (χ1v) is 5.25. The fourth-order valence-electron chi connectivity index (χ4n) is 1.95. The highest BCUT2D eigenvalue weighted by atomic mass is 16.4. The van der Waals surface area contributed by atoms with E-state index in [9.17, 15) is 9.90 Å². The Labute approximate surface area is 84.5 Å². The molecular weight excluding hydrogens is 182 g/mol. The molecule has 0 saturated carbocycles. The summed E-state index contributed by atoms with van der Waals surface area (Å²) in [6, 6.07) is 0. The van der Waals surface area contributed by atoms with Crippen LogP contribution in [0.5, 0.6) is 0 Å². The van der Waals surface area contributed by atoms with E-state index < -0.39 is 5.97 Å². The molecule has 0 unspecified atom stereocenters. The number of hydrogen-bond acceptors (Lipinski definition) is 3. The molecule has 0 radical (unpaired) electrons. The van der Waals surface area contributed by atoms with E-state index in [1.54, 1.807) is 0 Å². The minimum Gasteiger partial charge on any atom is -0.481 e. The van der Waals surface area contributed by atoms with Gasteiger partial charge in [0.15, 0.2) is 0 Å². The average molecular weight is 201 g/mol. The Morgan fingerprint density at radius 1 is 1.57 bits per heavy atom. The van der Waals surface area contributed by atoms with Crippen LogP contribution in [0.4, 0.5) is 0 Å². The molecule has 0 spiro atoms. The van der Waals surface area contributed by atoms with Gasteiger partial charge in [-0.3, -0.25) is 4.79 Å². The zero-order chi connectivity index (χ0) is 10.6. The third-order valence-corrected chi connectivity index (χ3v) is 2.94. The van der Waals surface area contributed by atoms with Crippen molar-refractivity contribution >= 4 is 5.97 Å². The molecule has 1 aliphatic heterocycles. The number of carboxylic acids is 1. The van der Waals surface area contributed by atoms with Gasteiger partial charge in [-0.15, -0.1) is 0 Å². The van der Waals surface area contributed by atoms with Crippen molar-refractivity contribution in [2.24, 2.45) is 5.92 Å². The molecule has 14 heavy (non-hydrogen) atoms. The maximum Gasteiger partial charge on any atom is 0.304 e. The van der Waals surface area contributed by atoms with Gasteiger partial charge in [-0.25, -0.2) is 0 Å². The minimum atomic E-state index is -0.746. The van der Waals surface area contributed by atoms with Crippen LogP contribution < -0.4 is 0 Å². The number of carboxylic acid groups (broad SMARTS) is 1. The highest BCUT2D eigenvalue weighted by Gasteiger charge is 2.26. The highest BCUT2D eigenvalue weighted by molar-refractivity contribution is 5.66. The molecule has 1 fully saturated rings. The predicted molar refractivity (Wildman–Crippen MR) is 53.1 cm³/mol. The first-order valence-electron chi connectivity index (χ1n) is 5.25. The second kappa shape index (κ2) is 5.32. The molecule has 1 aliphatic rings. The molecule has 1 heterocycles. The quantitative estimate of drug-likeness (QED) is 0.697. The zero-order valence-corrected chi connectivity index (χ0v) is 8.65. The topological polar surface area (TPSA) is 60.8 Å². The number of nitrogens with zero attached hydrogens (tertiary/aromatic N) is 1. The molecule has 0 bridgehead atoms. The molecule has 1 saturated heterocycles. The number of aliphatic carboxylic acids is 1. The summed E-state index contributed by atoms with van der Waals surface area (Å²) in [5, 5.41) is 18.2. The Kier molecular flexibility index (Phi) is 4.35. The van der Waals surface area contributed by atoms with Crippen LogP contribution in [0.1, 0.15) is 26.2 Å². The SMILES string of the molecule is CC[C@@H]1CN(CCC(=O)O)CC[C@H]1O. The Hall–Kier alpha value is -0.610. The molecule has 0 aromatic carbocycles. The standard InChI is InChI=1S/C10H19NO3/c1-2-8-7-11(5-3-9(8)12)6-4-10(13)14/h8-9,12H,2-7H2,1H3,(H,13,14)/t8-,9-/m1/s1. The summed E-state index contributed by atoms with van der Waals surface area (Å²) in [6.45, 7) is 4.34. The summed E-state index contributed by atoms with van der Waals surface area (Å²) < 4.78 is 0. The largest absolute Gasteiger partial charge is 0.481 e. The van der Waals surface area contributed by atoms with E-state index in [0.717, 1.165) is 25.9 Å². The summed E-state index contributed by atoms with van der Waals surface area (Å²) in [7, 11) is 0. The van der Waals surface area contributed by atoms with Crippen LogP contribution in [0.2, 0.25) is 0 Å². The molecule has 4 heteroatoms. The number of piperidine rings is 1. The lowest BCUT2D eigenvalue weighted by Gasteiger charge is -2.35. The molecular formula is C10H19NO3. The first-order chi connectivity index (χ1) is 6.63. The van der Waals surface area contributed by atoms with Crippen molar-refractivity contribution in [2.45, 2.75) is 32.3 Å². The van der Waals surface area contributed by atoms with Gasteiger partial charge in [0.1, 0.15) is 0 Å². The molecule has 0 aliphatic carbocycles.